The molecule has 0 fully saturated rings. The molecule has 72 valence electrons. The van der Waals surface area contributed by atoms with Gasteiger partial charge >= 0.3 is 5.97 Å². The molecule has 0 aliphatic rings. The van der Waals surface area contributed by atoms with Crippen molar-refractivity contribution in [2.75, 3.05) is 0 Å². The van der Waals surface area contributed by atoms with Crippen LogP contribution in [0.4, 0.5) is 0 Å². The van der Waals surface area contributed by atoms with Crippen molar-refractivity contribution < 1.29 is 9.90 Å². The molecular formula is C9H6BrNO2S. The zero-order chi connectivity index (χ0) is 10.7. The molecule has 0 unspecified atom stereocenters. The van der Waals surface area contributed by atoms with E-state index in [0.717, 1.165) is 0 Å². The number of carbonyl (C=O) groups is 1. The SMILES string of the molecule is N#Cc1cc(CBr)c(S)c(C(=O)O)c1. The molecule has 5 heteroatoms. The fraction of sp³-hybridized carbons (Fsp3) is 0.111. The number of hydrogen-bond acceptors (Lipinski definition) is 3. The Labute approximate surface area is 94.9 Å². The van der Waals surface area contributed by atoms with Crippen molar-refractivity contribution in [2.45, 2.75) is 10.2 Å². The first-order valence-electron chi connectivity index (χ1n) is 3.65. The fourth-order valence-corrected chi connectivity index (χ4v) is 1.99. The molecule has 0 heterocycles. The highest BCUT2D eigenvalue weighted by atomic mass is 79.9. The van der Waals surface area contributed by atoms with E-state index < -0.39 is 5.97 Å². The van der Waals surface area contributed by atoms with Crippen molar-refractivity contribution in [1.29, 1.82) is 5.26 Å². The average molecular weight is 272 g/mol. The van der Waals surface area contributed by atoms with Gasteiger partial charge in [-0.15, -0.1) is 12.6 Å². The van der Waals surface area contributed by atoms with E-state index in [1.54, 1.807) is 6.07 Å². The van der Waals surface area contributed by atoms with E-state index in [1.165, 1.54) is 6.07 Å². The van der Waals surface area contributed by atoms with Crippen molar-refractivity contribution in [3.05, 3.63) is 28.8 Å². The smallest absolute Gasteiger partial charge is 0.336 e. The molecule has 0 aliphatic heterocycles. The Morgan fingerprint density at radius 2 is 2.29 bits per heavy atom. The summed E-state index contributed by atoms with van der Waals surface area (Å²) in [6.45, 7) is 0. The Hall–Kier alpha value is -0.990. The number of nitrogens with zero attached hydrogens (tertiary/aromatic N) is 1. The second-order valence-corrected chi connectivity index (χ2v) is 3.59. The van der Waals surface area contributed by atoms with Gasteiger partial charge < -0.3 is 5.11 Å². The predicted molar refractivity (Wildman–Crippen MR) is 58.0 cm³/mol. The lowest BCUT2D eigenvalue weighted by Crippen LogP contribution is -2.01. The monoisotopic (exact) mass is 271 g/mol. The zero-order valence-corrected chi connectivity index (χ0v) is 9.47. The van der Waals surface area contributed by atoms with Gasteiger partial charge in [-0.25, -0.2) is 4.79 Å². The van der Waals surface area contributed by atoms with Gasteiger partial charge in [0.05, 0.1) is 17.2 Å². The summed E-state index contributed by atoms with van der Waals surface area (Å²) >= 11 is 7.30. The first-order valence-corrected chi connectivity index (χ1v) is 5.22. The quantitative estimate of drug-likeness (QED) is 0.642. The minimum absolute atomic E-state index is 0.0573. The summed E-state index contributed by atoms with van der Waals surface area (Å²) in [7, 11) is 0. The molecular weight excluding hydrogens is 266 g/mol. The largest absolute Gasteiger partial charge is 0.478 e. The van der Waals surface area contributed by atoms with Gasteiger partial charge in [-0.1, -0.05) is 15.9 Å². The highest BCUT2D eigenvalue weighted by Crippen LogP contribution is 2.23. The summed E-state index contributed by atoms with van der Waals surface area (Å²) in [5, 5.41) is 18.0. The van der Waals surface area contributed by atoms with Crippen molar-refractivity contribution >= 4 is 34.5 Å². The number of carboxylic acids is 1. The van der Waals surface area contributed by atoms with E-state index in [1.807, 2.05) is 6.07 Å². The minimum atomic E-state index is -1.07. The summed E-state index contributed by atoms with van der Waals surface area (Å²) in [6, 6.07) is 4.84. The third-order valence-electron chi connectivity index (χ3n) is 1.69. The van der Waals surface area contributed by atoms with Crippen LogP contribution < -0.4 is 0 Å². The van der Waals surface area contributed by atoms with E-state index in [4.69, 9.17) is 10.4 Å². The topological polar surface area (TPSA) is 61.1 Å². The summed E-state index contributed by atoms with van der Waals surface area (Å²) in [5.41, 5.74) is 1.08. The van der Waals surface area contributed by atoms with Gasteiger partial charge in [0.25, 0.3) is 0 Å². The molecule has 1 aromatic carbocycles. The zero-order valence-electron chi connectivity index (χ0n) is 6.99. The van der Waals surface area contributed by atoms with Crippen molar-refractivity contribution in [2.24, 2.45) is 0 Å². The number of nitriles is 1. The maximum absolute atomic E-state index is 10.8. The van der Waals surface area contributed by atoms with Crippen LogP contribution in [0.3, 0.4) is 0 Å². The number of halogens is 1. The molecule has 0 aliphatic carbocycles. The van der Waals surface area contributed by atoms with Gasteiger partial charge in [0, 0.05) is 10.2 Å². The lowest BCUT2D eigenvalue weighted by molar-refractivity contribution is 0.0693. The Kier molecular flexibility index (Phi) is 3.55. The highest BCUT2D eigenvalue weighted by molar-refractivity contribution is 9.08. The minimum Gasteiger partial charge on any atom is -0.478 e. The Morgan fingerprint density at radius 1 is 1.64 bits per heavy atom. The summed E-state index contributed by atoms with van der Waals surface area (Å²) in [6.07, 6.45) is 0. The predicted octanol–water partition coefficient (Wildman–Crippen LogP) is 2.44. The number of benzene rings is 1. The average Bonchev–Trinajstić information content (AvgIpc) is 2.17. The summed E-state index contributed by atoms with van der Waals surface area (Å²) < 4.78 is 0. The third-order valence-corrected chi connectivity index (χ3v) is 2.82. The van der Waals surface area contributed by atoms with Crippen LogP contribution in [0.5, 0.6) is 0 Å². The molecule has 0 amide bonds. The lowest BCUT2D eigenvalue weighted by atomic mass is 10.1. The standard InChI is InChI=1S/C9H6BrNO2S/c10-3-6-1-5(4-11)2-7(8(6)14)9(12)13/h1-2,14H,3H2,(H,12,13). The Bertz CT molecular complexity index is 426. The number of carboxylic acid groups (broad SMARTS) is 1. The number of alkyl halides is 1. The number of thiol groups is 1. The molecule has 0 radical (unpaired) electrons. The molecule has 0 saturated carbocycles. The van der Waals surface area contributed by atoms with E-state index >= 15 is 0 Å². The maximum atomic E-state index is 10.8. The first-order chi connectivity index (χ1) is 6.60. The maximum Gasteiger partial charge on any atom is 0.336 e. The molecule has 3 nitrogen and oxygen atoms in total. The molecule has 1 N–H and O–H groups in total. The molecule has 14 heavy (non-hydrogen) atoms. The second kappa shape index (κ2) is 4.49. The molecule has 0 bridgehead atoms. The van der Waals surface area contributed by atoms with Crippen molar-refractivity contribution in [1.82, 2.24) is 0 Å². The normalized spacial score (nSPS) is 9.50. The lowest BCUT2D eigenvalue weighted by Gasteiger charge is -2.05. The van der Waals surface area contributed by atoms with Crippen LogP contribution in [-0.4, -0.2) is 11.1 Å². The van der Waals surface area contributed by atoms with E-state index in [-0.39, 0.29) is 5.56 Å². The van der Waals surface area contributed by atoms with E-state index in [2.05, 4.69) is 28.6 Å². The van der Waals surface area contributed by atoms with Gasteiger partial charge in [0.1, 0.15) is 0 Å². The number of rotatable bonds is 2. The number of hydrogen-bond donors (Lipinski definition) is 2. The van der Waals surface area contributed by atoms with Crippen LogP contribution in [-0.2, 0) is 5.33 Å². The third kappa shape index (κ3) is 2.08. The van der Waals surface area contributed by atoms with Gasteiger partial charge in [-0.3, -0.25) is 0 Å². The summed E-state index contributed by atoms with van der Waals surface area (Å²) in [4.78, 5) is 11.2. The van der Waals surface area contributed by atoms with Crippen molar-refractivity contribution in [3.8, 4) is 6.07 Å². The van der Waals surface area contributed by atoms with Crippen LogP contribution in [0.25, 0.3) is 0 Å². The van der Waals surface area contributed by atoms with Crippen LogP contribution >= 0.6 is 28.6 Å². The molecule has 0 aromatic heterocycles. The highest BCUT2D eigenvalue weighted by Gasteiger charge is 2.12. The second-order valence-electron chi connectivity index (χ2n) is 2.58. The summed E-state index contributed by atoms with van der Waals surface area (Å²) in [5.74, 6) is -1.07. The van der Waals surface area contributed by atoms with E-state index in [9.17, 15) is 4.79 Å². The fourth-order valence-electron chi connectivity index (χ4n) is 1.02. The van der Waals surface area contributed by atoms with Gasteiger partial charge in [0.15, 0.2) is 0 Å². The van der Waals surface area contributed by atoms with E-state index in [0.29, 0.717) is 21.4 Å². The van der Waals surface area contributed by atoms with Crippen LogP contribution in [0.2, 0.25) is 0 Å². The van der Waals surface area contributed by atoms with Crippen molar-refractivity contribution in [3.63, 3.8) is 0 Å². The van der Waals surface area contributed by atoms with Crippen LogP contribution in [0.15, 0.2) is 17.0 Å². The van der Waals surface area contributed by atoms with Crippen LogP contribution in [0.1, 0.15) is 21.5 Å². The van der Waals surface area contributed by atoms with Gasteiger partial charge in [-0.05, 0) is 17.7 Å². The Morgan fingerprint density at radius 3 is 2.71 bits per heavy atom. The first kappa shape index (κ1) is 11.1. The van der Waals surface area contributed by atoms with Gasteiger partial charge in [-0.2, -0.15) is 5.26 Å². The molecule has 0 spiro atoms. The van der Waals surface area contributed by atoms with Crippen LogP contribution in [0, 0.1) is 11.3 Å². The van der Waals surface area contributed by atoms with Gasteiger partial charge in [0.2, 0.25) is 0 Å². The Balaban J connectivity index is 3.44. The molecule has 0 saturated heterocycles. The molecule has 0 atom stereocenters. The molecule has 1 rings (SSSR count). The molecule has 1 aromatic rings. The number of aromatic carboxylic acids is 1.